The first-order chi connectivity index (χ1) is 10.5. The second kappa shape index (κ2) is 5.65. The lowest BCUT2D eigenvalue weighted by Crippen LogP contribution is -2.53. The van der Waals surface area contributed by atoms with Gasteiger partial charge < -0.3 is 20.7 Å². The van der Waals surface area contributed by atoms with Crippen molar-refractivity contribution in [2.24, 2.45) is 5.84 Å². The maximum absolute atomic E-state index is 11.1. The van der Waals surface area contributed by atoms with Crippen LogP contribution in [0.25, 0.3) is 11.0 Å². The van der Waals surface area contributed by atoms with E-state index in [-0.39, 0.29) is 6.04 Å². The zero-order valence-electron chi connectivity index (χ0n) is 11.8. The molecule has 0 bridgehead atoms. The van der Waals surface area contributed by atoms with Gasteiger partial charge in [-0.25, -0.2) is 20.6 Å². The zero-order valence-corrected chi connectivity index (χ0v) is 13.4. The Morgan fingerprint density at radius 2 is 2.36 bits per heavy atom. The first-order valence-electron chi connectivity index (χ1n) is 6.92. The summed E-state index contributed by atoms with van der Waals surface area (Å²) in [6, 6.07) is -0.249. The lowest BCUT2D eigenvalue weighted by molar-refractivity contribution is 0.119. The average Bonchev–Trinajstić information content (AvgIpc) is 2.88. The van der Waals surface area contributed by atoms with E-state index in [1.807, 2.05) is 0 Å². The van der Waals surface area contributed by atoms with Gasteiger partial charge in [-0.1, -0.05) is 0 Å². The Labute approximate surface area is 135 Å². The van der Waals surface area contributed by atoms with Crippen LogP contribution in [-0.4, -0.2) is 45.3 Å². The van der Waals surface area contributed by atoms with Gasteiger partial charge in [-0.2, -0.15) is 0 Å². The fraction of sp³-hybridized carbons (Fsp3) is 0.385. The summed E-state index contributed by atoms with van der Waals surface area (Å²) in [6.45, 7) is 1.33. The summed E-state index contributed by atoms with van der Waals surface area (Å²) in [6.07, 6.45) is 3.91. The van der Waals surface area contributed by atoms with Crippen molar-refractivity contribution in [3.8, 4) is 0 Å². The number of hydrazine groups is 1. The van der Waals surface area contributed by atoms with Crippen molar-refractivity contribution in [2.45, 2.75) is 18.9 Å². The summed E-state index contributed by atoms with van der Waals surface area (Å²) in [4.78, 5) is 20.5. The minimum Gasteiger partial charge on any atom is -0.464 e. The molecule has 0 saturated carbocycles. The number of aromatic nitrogens is 2. The number of hydrogen-bond acceptors (Lipinski definition) is 5. The molecule has 0 radical (unpaired) electrons. The monoisotopic (exact) mass is 368 g/mol. The molecule has 22 heavy (non-hydrogen) atoms. The summed E-state index contributed by atoms with van der Waals surface area (Å²) in [5.41, 5.74) is 8.29. The predicted octanol–water partition coefficient (Wildman–Crippen LogP) is 1.73. The fourth-order valence-corrected chi connectivity index (χ4v) is 3.48. The highest BCUT2D eigenvalue weighted by Crippen LogP contribution is 2.37. The number of nitrogens with one attached hydrogen (secondary N) is 1. The van der Waals surface area contributed by atoms with Crippen molar-refractivity contribution < 1.29 is 9.90 Å². The molecule has 2 aromatic heterocycles. The van der Waals surface area contributed by atoms with E-state index in [1.54, 1.807) is 12.4 Å². The molecule has 1 amide bonds. The van der Waals surface area contributed by atoms with Crippen molar-refractivity contribution in [3.63, 3.8) is 0 Å². The molecule has 9 heteroatoms. The summed E-state index contributed by atoms with van der Waals surface area (Å²) in [5.74, 6) is 5.64. The highest BCUT2D eigenvalue weighted by molar-refractivity contribution is 9.10. The number of pyridine rings is 1. The van der Waals surface area contributed by atoms with Crippen LogP contribution in [0.4, 0.5) is 16.2 Å². The second-order valence-electron chi connectivity index (χ2n) is 5.35. The van der Waals surface area contributed by atoms with Gasteiger partial charge in [0.25, 0.3) is 0 Å². The van der Waals surface area contributed by atoms with Gasteiger partial charge in [-0.05, 0) is 28.8 Å². The molecule has 0 aliphatic carbocycles. The average molecular weight is 369 g/mol. The van der Waals surface area contributed by atoms with Gasteiger partial charge in [0.05, 0.1) is 27.3 Å². The van der Waals surface area contributed by atoms with E-state index in [9.17, 15) is 4.79 Å². The molecule has 0 aromatic carbocycles. The first kappa shape index (κ1) is 14.9. The minimum atomic E-state index is -1.12. The largest absolute Gasteiger partial charge is 0.464 e. The van der Waals surface area contributed by atoms with Gasteiger partial charge in [0, 0.05) is 25.5 Å². The number of H-pyrrole nitrogens is 1. The third-order valence-corrected chi connectivity index (χ3v) is 4.57. The molecule has 1 fully saturated rings. The molecule has 1 atom stereocenters. The maximum atomic E-state index is 11.1. The van der Waals surface area contributed by atoms with Crippen LogP contribution in [0.15, 0.2) is 16.9 Å². The highest BCUT2D eigenvalue weighted by Gasteiger charge is 2.29. The van der Waals surface area contributed by atoms with Gasteiger partial charge in [0.2, 0.25) is 0 Å². The van der Waals surface area contributed by atoms with Crippen LogP contribution in [0.5, 0.6) is 0 Å². The summed E-state index contributed by atoms with van der Waals surface area (Å²) in [7, 11) is 0. The number of piperidine rings is 1. The molecule has 6 N–H and O–H groups in total. The van der Waals surface area contributed by atoms with E-state index < -0.39 is 6.09 Å². The van der Waals surface area contributed by atoms with Gasteiger partial charge in [0.15, 0.2) is 0 Å². The van der Waals surface area contributed by atoms with Crippen LogP contribution in [0.3, 0.4) is 0 Å². The van der Waals surface area contributed by atoms with Gasteiger partial charge in [0.1, 0.15) is 5.65 Å². The third-order valence-electron chi connectivity index (χ3n) is 3.99. The molecule has 0 spiro atoms. The SMILES string of the molecule is Nc1c[nH]c2ncc(Br)c(N3CCC[C@@H](N(N)C(=O)O)C3)c12. The number of nitrogen functional groups attached to an aromatic ring is 1. The van der Waals surface area contributed by atoms with Crippen molar-refractivity contribution >= 4 is 44.4 Å². The topological polar surface area (TPSA) is 125 Å². The number of aromatic amines is 1. The van der Waals surface area contributed by atoms with Gasteiger partial charge >= 0.3 is 6.09 Å². The fourth-order valence-electron chi connectivity index (χ4n) is 2.93. The van der Waals surface area contributed by atoms with Crippen molar-refractivity contribution in [3.05, 3.63) is 16.9 Å². The minimum absolute atomic E-state index is 0.249. The van der Waals surface area contributed by atoms with E-state index in [0.29, 0.717) is 17.9 Å². The van der Waals surface area contributed by atoms with E-state index in [4.69, 9.17) is 16.7 Å². The Morgan fingerprint density at radius 3 is 3.09 bits per heavy atom. The Kier molecular flexibility index (Phi) is 3.83. The summed E-state index contributed by atoms with van der Waals surface area (Å²) in [5, 5.41) is 10.8. The Balaban J connectivity index is 1.98. The summed E-state index contributed by atoms with van der Waals surface area (Å²) >= 11 is 3.52. The molecule has 8 nitrogen and oxygen atoms in total. The molecule has 3 rings (SSSR count). The first-order valence-corrected chi connectivity index (χ1v) is 7.71. The number of carboxylic acid groups (broad SMARTS) is 1. The molecular weight excluding hydrogens is 352 g/mol. The summed E-state index contributed by atoms with van der Waals surface area (Å²) < 4.78 is 0.825. The van der Waals surface area contributed by atoms with E-state index >= 15 is 0 Å². The van der Waals surface area contributed by atoms with E-state index in [1.165, 1.54) is 0 Å². The van der Waals surface area contributed by atoms with Crippen LogP contribution in [-0.2, 0) is 0 Å². The Bertz CT molecular complexity index is 718. The van der Waals surface area contributed by atoms with Gasteiger partial charge in [-0.3, -0.25) is 0 Å². The molecule has 3 heterocycles. The third kappa shape index (κ3) is 2.46. The van der Waals surface area contributed by atoms with Crippen LogP contribution in [0, 0.1) is 0 Å². The van der Waals surface area contributed by atoms with Gasteiger partial charge in [-0.15, -0.1) is 0 Å². The number of nitrogens with zero attached hydrogens (tertiary/aromatic N) is 3. The number of anilines is 2. The number of carbonyl (C=O) groups is 1. The Morgan fingerprint density at radius 1 is 1.59 bits per heavy atom. The standard InChI is InChI=1S/C13H17BrN6O2/c14-8-4-17-12-10(9(15)5-18-12)11(8)19-3-1-2-7(6-19)20(16)13(21)22/h4-5,7H,1-3,6,15-16H2,(H,17,18)(H,21,22)/t7-/m1/s1. The quantitative estimate of drug-likeness (QED) is 0.363. The number of nitrogens with two attached hydrogens (primary N) is 2. The number of halogens is 1. The van der Waals surface area contributed by atoms with E-state index in [0.717, 1.165) is 39.9 Å². The number of fused-ring (bicyclic) bond motifs is 1. The van der Waals surface area contributed by atoms with Crippen molar-refractivity contribution in [1.82, 2.24) is 15.0 Å². The Hall–Kier alpha value is -2.00. The van der Waals surface area contributed by atoms with Crippen molar-refractivity contribution in [1.29, 1.82) is 0 Å². The van der Waals surface area contributed by atoms with Crippen LogP contribution < -0.4 is 16.5 Å². The molecule has 118 valence electrons. The predicted molar refractivity (Wildman–Crippen MR) is 87.5 cm³/mol. The number of hydrogen-bond donors (Lipinski definition) is 4. The normalized spacial score (nSPS) is 18.6. The smallest absolute Gasteiger partial charge is 0.421 e. The zero-order chi connectivity index (χ0) is 15.9. The molecule has 1 aliphatic heterocycles. The number of amides is 1. The van der Waals surface area contributed by atoms with Crippen LogP contribution in [0.2, 0.25) is 0 Å². The molecule has 1 saturated heterocycles. The molecule has 1 aliphatic rings. The second-order valence-corrected chi connectivity index (χ2v) is 6.21. The van der Waals surface area contributed by atoms with Crippen molar-refractivity contribution in [2.75, 3.05) is 23.7 Å². The molecular formula is C13H17BrN6O2. The number of rotatable bonds is 2. The molecule has 0 unspecified atom stereocenters. The highest BCUT2D eigenvalue weighted by atomic mass is 79.9. The maximum Gasteiger partial charge on any atom is 0.421 e. The molecule has 2 aromatic rings. The van der Waals surface area contributed by atoms with E-state index in [2.05, 4.69) is 30.8 Å². The lowest BCUT2D eigenvalue weighted by atomic mass is 10.0. The lowest BCUT2D eigenvalue weighted by Gasteiger charge is -2.37. The van der Waals surface area contributed by atoms with Crippen LogP contribution in [0.1, 0.15) is 12.8 Å². The van der Waals surface area contributed by atoms with Crippen LogP contribution >= 0.6 is 15.9 Å².